The Bertz CT molecular complexity index is 806. The van der Waals surface area contributed by atoms with Crippen molar-refractivity contribution in [1.29, 1.82) is 0 Å². The Morgan fingerprint density at radius 1 is 1.21 bits per heavy atom. The summed E-state index contributed by atoms with van der Waals surface area (Å²) in [4.78, 5) is 29.0. The maximum Gasteiger partial charge on any atom is 0.251 e. The molecule has 1 aliphatic heterocycles. The summed E-state index contributed by atoms with van der Waals surface area (Å²) in [5, 5.41) is 2.60. The summed E-state index contributed by atoms with van der Waals surface area (Å²) < 4.78 is 25.5. The molecular formula is C19H30N4O4S. The minimum absolute atomic E-state index is 0.0399. The molecule has 1 aromatic rings. The molecular weight excluding hydrogens is 380 g/mol. The van der Waals surface area contributed by atoms with E-state index in [4.69, 9.17) is 0 Å². The van der Waals surface area contributed by atoms with Crippen molar-refractivity contribution < 1.29 is 18.0 Å². The first-order valence-corrected chi connectivity index (χ1v) is 11.0. The van der Waals surface area contributed by atoms with E-state index in [1.807, 2.05) is 0 Å². The summed E-state index contributed by atoms with van der Waals surface area (Å²) in [5.74, 6) is -0.594. The van der Waals surface area contributed by atoms with E-state index in [0.717, 1.165) is 23.8 Å². The molecule has 1 saturated heterocycles. The molecule has 0 radical (unpaired) electrons. The van der Waals surface area contributed by atoms with E-state index in [-0.39, 0.29) is 22.9 Å². The van der Waals surface area contributed by atoms with Gasteiger partial charge in [0.05, 0.1) is 11.4 Å². The molecule has 0 bridgehead atoms. The van der Waals surface area contributed by atoms with Crippen molar-refractivity contribution in [2.75, 3.05) is 46.8 Å². The number of benzene rings is 1. The highest BCUT2D eigenvalue weighted by Gasteiger charge is 2.29. The van der Waals surface area contributed by atoms with Crippen LogP contribution in [0.15, 0.2) is 29.2 Å². The molecule has 2 rings (SSSR count). The highest BCUT2D eigenvalue weighted by Crippen LogP contribution is 2.16. The topological polar surface area (TPSA) is 90.0 Å². The second-order valence-electron chi connectivity index (χ2n) is 7.00. The first kappa shape index (κ1) is 22.3. The van der Waals surface area contributed by atoms with Gasteiger partial charge in [0.1, 0.15) is 0 Å². The van der Waals surface area contributed by atoms with Crippen molar-refractivity contribution in [1.82, 2.24) is 19.4 Å². The smallest absolute Gasteiger partial charge is 0.251 e. The number of amides is 2. The average molecular weight is 411 g/mol. The van der Waals surface area contributed by atoms with Crippen LogP contribution in [0.3, 0.4) is 0 Å². The lowest BCUT2D eigenvalue weighted by Crippen LogP contribution is -2.42. The van der Waals surface area contributed by atoms with Gasteiger partial charge in [0, 0.05) is 38.8 Å². The number of likely N-dealkylation sites (tertiary alicyclic amines) is 1. The van der Waals surface area contributed by atoms with E-state index in [2.05, 4.69) is 24.1 Å². The Morgan fingerprint density at radius 2 is 1.89 bits per heavy atom. The first-order chi connectivity index (χ1) is 13.2. The number of carbonyl (C=O) groups excluding carboxylic acids is 2. The largest absolute Gasteiger partial charge is 0.343 e. The van der Waals surface area contributed by atoms with Crippen LogP contribution in [-0.2, 0) is 14.8 Å². The number of hydrogen-bond donors (Lipinski definition) is 1. The molecule has 1 heterocycles. The van der Waals surface area contributed by atoms with Crippen LogP contribution < -0.4 is 5.32 Å². The van der Waals surface area contributed by atoms with Crippen LogP contribution in [0.1, 0.15) is 30.6 Å². The Hall–Kier alpha value is -1.97. The number of rotatable bonds is 8. The average Bonchev–Trinajstić information content (AvgIpc) is 3.16. The minimum atomic E-state index is -3.62. The van der Waals surface area contributed by atoms with Crippen LogP contribution in [0.5, 0.6) is 0 Å². The zero-order valence-electron chi connectivity index (χ0n) is 17.0. The normalized spacial score (nSPS) is 17.4. The monoisotopic (exact) mass is 410 g/mol. The zero-order valence-corrected chi connectivity index (χ0v) is 17.8. The second-order valence-corrected chi connectivity index (χ2v) is 9.15. The molecule has 2 amide bonds. The van der Waals surface area contributed by atoms with Crippen LogP contribution in [0, 0.1) is 0 Å². The standard InChI is InChI=1S/C19H30N4O4S/c1-5-22(6-2)16-10-11-23(14-16)18(24)13-20-19(25)15-8-7-9-17(12-15)28(26,27)21(3)4/h7-9,12,16H,5-6,10-11,13-14H2,1-4H3,(H,20,25). The van der Waals surface area contributed by atoms with Gasteiger partial charge in [-0.15, -0.1) is 0 Å². The molecule has 9 heteroatoms. The molecule has 0 spiro atoms. The van der Waals surface area contributed by atoms with Gasteiger partial charge >= 0.3 is 0 Å². The SMILES string of the molecule is CCN(CC)C1CCN(C(=O)CNC(=O)c2cccc(S(=O)(=O)N(C)C)c2)C1. The van der Waals surface area contributed by atoms with Crippen molar-refractivity contribution in [3.63, 3.8) is 0 Å². The molecule has 1 unspecified atom stereocenters. The lowest BCUT2D eigenvalue weighted by atomic mass is 10.2. The summed E-state index contributed by atoms with van der Waals surface area (Å²) in [7, 11) is -0.758. The predicted octanol–water partition coefficient (Wildman–Crippen LogP) is 0.609. The maximum absolute atomic E-state index is 12.4. The summed E-state index contributed by atoms with van der Waals surface area (Å²) >= 11 is 0. The van der Waals surface area contributed by atoms with Gasteiger partial charge < -0.3 is 10.2 Å². The van der Waals surface area contributed by atoms with Gasteiger partial charge in [-0.05, 0) is 37.7 Å². The Morgan fingerprint density at radius 3 is 2.50 bits per heavy atom. The highest BCUT2D eigenvalue weighted by molar-refractivity contribution is 7.89. The Kier molecular flexibility index (Phi) is 7.56. The van der Waals surface area contributed by atoms with E-state index in [1.165, 1.54) is 38.4 Å². The van der Waals surface area contributed by atoms with Gasteiger partial charge in [-0.25, -0.2) is 12.7 Å². The van der Waals surface area contributed by atoms with Crippen molar-refractivity contribution in [3.05, 3.63) is 29.8 Å². The number of likely N-dealkylation sites (N-methyl/N-ethyl adjacent to an activating group) is 1. The van der Waals surface area contributed by atoms with E-state index in [0.29, 0.717) is 19.1 Å². The van der Waals surface area contributed by atoms with Gasteiger partial charge in [0.25, 0.3) is 5.91 Å². The third kappa shape index (κ3) is 5.09. The van der Waals surface area contributed by atoms with E-state index in [1.54, 1.807) is 4.90 Å². The first-order valence-electron chi connectivity index (χ1n) is 9.53. The minimum Gasteiger partial charge on any atom is -0.343 e. The summed E-state index contributed by atoms with van der Waals surface area (Å²) in [6.45, 7) is 7.38. The van der Waals surface area contributed by atoms with E-state index >= 15 is 0 Å². The molecule has 0 aromatic heterocycles. The summed E-state index contributed by atoms with van der Waals surface area (Å²) in [6, 6.07) is 6.17. The van der Waals surface area contributed by atoms with Crippen LogP contribution in [0.2, 0.25) is 0 Å². The highest BCUT2D eigenvalue weighted by atomic mass is 32.2. The lowest BCUT2D eigenvalue weighted by Gasteiger charge is -2.26. The molecule has 156 valence electrons. The molecule has 1 fully saturated rings. The molecule has 1 aliphatic rings. The summed E-state index contributed by atoms with van der Waals surface area (Å²) in [5.41, 5.74) is 0.207. The number of hydrogen-bond acceptors (Lipinski definition) is 5. The van der Waals surface area contributed by atoms with Gasteiger partial charge in [-0.2, -0.15) is 0 Å². The fraction of sp³-hybridized carbons (Fsp3) is 0.579. The fourth-order valence-electron chi connectivity index (χ4n) is 3.38. The van der Waals surface area contributed by atoms with Crippen LogP contribution in [-0.4, -0.2) is 87.2 Å². The Balaban J connectivity index is 1.95. The van der Waals surface area contributed by atoms with Crippen LogP contribution >= 0.6 is 0 Å². The number of sulfonamides is 1. The molecule has 1 N–H and O–H groups in total. The number of carbonyl (C=O) groups is 2. The Labute approximate surface area is 167 Å². The molecule has 0 saturated carbocycles. The maximum atomic E-state index is 12.4. The van der Waals surface area contributed by atoms with Crippen molar-refractivity contribution in [2.45, 2.75) is 31.2 Å². The van der Waals surface area contributed by atoms with E-state index < -0.39 is 15.9 Å². The van der Waals surface area contributed by atoms with Gasteiger partial charge in [0.15, 0.2) is 0 Å². The molecule has 1 aromatic carbocycles. The van der Waals surface area contributed by atoms with Crippen molar-refractivity contribution in [2.24, 2.45) is 0 Å². The van der Waals surface area contributed by atoms with Crippen molar-refractivity contribution in [3.8, 4) is 0 Å². The van der Waals surface area contributed by atoms with Gasteiger partial charge in [-0.3, -0.25) is 14.5 Å². The van der Waals surface area contributed by atoms with E-state index in [9.17, 15) is 18.0 Å². The quantitative estimate of drug-likeness (QED) is 0.678. The fourth-order valence-corrected chi connectivity index (χ4v) is 4.33. The van der Waals surface area contributed by atoms with Gasteiger partial charge in [0.2, 0.25) is 15.9 Å². The zero-order chi connectivity index (χ0) is 20.9. The second kappa shape index (κ2) is 9.49. The van der Waals surface area contributed by atoms with Gasteiger partial charge in [-0.1, -0.05) is 19.9 Å². The van der Waals surface area contributed by atoms with Crippen LogP contribution in [0.4, 0.5) is 0 Å². The number of nitrogens with one attached hydrogen (secondary N) is 1. The van der Waals surface area contributed by atoms with Crippen LogP contribution in [0.25, 0.3) is 0 Å². The lowest BCUT2D eigenvalue weighted by molar-refractivity contribution is -0.129. The number of nitrogens with zero attached hydrogens (tertiary/aromatic N) is 3. The predicted molar refractivity (Wildman–Crippen MR) is 108 cm³/mol. The van der Waals surface area contributed by atoms with Crippen molar-refractivity contribution >= 4 is 21.8 Å². The molecule has 1 atom stereocenters. The third-order valence-corrected chi connectivity index (χ3v) is 6.93. The molecule has 0 aliphatic carbocycles. The third-order valence-electron chi connectivity index (χ3n) is 5.12. The summed E-state index contributed by atoms with van der Waals surface area (Å²) in [6.07, 6.45) is 0.936. The molecule has 28 heavy (non-hydrogen) atoms. The molecule has 8 nitrogen and oxygen atoms in total.